The summed E-state index contributed by atoms with van der Waals surface area (Å²) in [5.74, 6) is 0.390. The molecule has 31 heavy (non-hydrogen) atoms. The van der Waals surface area contributed by atoms with Crippen molar-refractivity contribution in [3.63, 3.8) is 0 Å². The highest BCUT2D eigenvalue weighted by Crippen LogP contribution is 2.24. The van der Waals surface area contributed by atoms with Crippen molar-refractivity contribution in [3.8, 4) is 11.1 Å². The molecule has 0 spiro atoms. The van der Waals surface area contributed by atoms with E-state index in [9.17, 15) is 8.42 Å². The average molecular weight is 427 g/mol. The largest absolute Gasteiger partial charge is 0.323 e. The van der Waals surface area contributed by atoms with Crippen LogP contribution in [0.2, 0.25) is 0 Å². The van der Waals surface area contributed by atoms with Crippen LogP contribution in [-0.2, 0) is 9.84 Å². The summed E-state index contributed by atoms with van der Waals surface area (Å²) in [6, 6.07) is 29.6. The standard InChI is InChI=1S/C24H18N4O2S/c29-31(30,21-9-5-2-6-10-21)22-15-16-23-26-24(27-28(23)17-22)25-20-13-11-19(12-14-20)18-7-3-1-4-8-18/h1-17H,(H,25,27). The van der Waals surface area contributed by atoms with Gasteiger partial charge in [-0.1, -0.05) is 60.7 Å². The molecule has 3 aromatic carbocycles. The molecule has 0 aliphatic carbocycles. The van der Waals surface area contributed by atoms with Crippen LogP contribution in [0.3, 0.4) is 0 Å². The van der Waals surface area contributed by atoms with E-state index in [1.54, 1.807) is 42.5 Å². The second-order valence-corrected chi connectivity index (χ2v) is 8.94. The second kappa shape index (κ2) is 7.70. The summed E-state index contributed by atoms with van der Waals surface area (Å²) in [4.78, 5) is 4.83. The van der Waals surface area contributed by atoms with Crippen molar-refractivity contribution in [2.75, 3.05) is 5.32 Å². The van der Waals surface area contributed by atoms with Gasteiger partial charge >= 0.3 is 0 Å². The molecule has 0 saturated heterocycles. The molecule has 0 fully saturated rings. The van der Waals surface area contributed by atoms with Gasteiger partial charge in [0, 0.05) is 5.69 Å². The van der Waals surface area contributed by atoms with Crippen LogP contribution in [0.1, 0.15) is 0 Å². The molecule has 2 heterocycles. The maximum absolute atomic E-state index is 12.8. The average Bonchev–Trinajstić information content (AvgIpc) is 3.22. The Morgan fingerprint density at radius 1 is 0.677 bits per heavy atom. The van der Waals surface area contributed by atoms with E-state index in [4.69, 9.17) is 0 Å². The van der Waals surface area contributed by atoms with Gasteiger partial charge in [0.25, 0.3) is 0 Å². The third kappa shape index (κ3) is 3.78. The smallest absolute Gasteiger partial charge is 0.247 e. The summed E-state index contributed by atoms with van der Waals surface area (Å²) < 4.78 is 27.2. The molecule has 0 bridgehead atoms. The summed E-state index contributed by atoms with van der Waals surface area (Å²) >= 11 is 0. The number of pyridine rings is 1. The number of sulfone groups is 1. The van der Waals surface area contributed by atoms with Crippen LogP contribution in [0.15, 0.2) is 113 Å². The first-order valence-electron chi connectivity index (χ1n) is 9.69. The van der Waals surface area contributed by atoms with Gasteiger partial charge in [0.1, 0.15) is 0 Å². The molecule has 5 rings (SSSR count). The van der Waals surface area contributed by atoms with Crippen molar-refractivity contribution in [1.82, 2.24) is 14.6 Å². The summed E-state index contributed by atoms with van der Waals surface area (Å²) in [7, 11) is -3.62. The molecule has 0 aliphatic rings. The topological polar surface area (TPSA) is 76.4 Å². The fourth-order valence-electron chi connectivity index (χ4n) is 3.32. The van der Waals surface area contributed by atoms with E-state index in [2.05, 4.69) is 27.5 Å². The SMILES string of the molecule is O=S(=O)(c1ccccc1)c1ccc2nc(Nc3ccc(-c4ccccc4)cc3)nn2c1. The first-order chi connectivity index (χ1) is 15.1. The molecule has 0 radical (unpaired) electrons. The first-order valence-corrected chi connectivity index (χ1v) is 11.2. The first kappa shape index (κ1) is 19.0. The normalized spacial score (nSPS) is 11.5. The lowest BCUT2D eigenvalue weighted by Crippen LogP contribution is -2.03. The Hall–Kier alpha value is -3.97. The fourth-order valence-corrected chi connectivity index (χ4v) is 4.59. The Kier molecular flexibility index (Phi) is 4.72. The maximum Gasteiger partial charge on any atom is 0.247 e. The molecule has 0 atom stereocenters. The van der Waals surface area contributed by atoms with Crippen molar-refractivity contribution >= 4 is 27.1 Å². The van der Waals surface area contributed by atoms with Crippen molar-refractivity contribution in [2.45, 2.75) is 9.79 Å². The Balaban J connectivity index is 1.41. The molecule has 7 heteroatoms. The molecule has 152 valence electrons. The Morgan fingerprint density at radius 2 is 1.32 bits per heavy atom. The van der Waals surface area contributed by atoms with Crippen LogP contribution in [0, 0.1) is 0 Å². The van der Waals surface area contributed by atoms with E-state index in [-0.39, 0.29) is 9.79 Å². The van der Waals surface area contributed by atoms with E-state index in [0.29, 0.717) is 11.6 Å². The fraction of sp³-hybridized carbons (Fsp3) is 0. The molecular formula is C24H18N4O2S. The van der Waals surface area contributed by atoms with Gasteiger partial charge in [-0.15, -0.1) is 5.10 Å². The molecule has 6 nitrogen and oxygen atoms in total. The number of nitrogens with one attached hydrogen (secondary N) is 1. The minimum Gasteiger partial charge on any atom is -0.323 e. The van der Waals surface area contributed by atoms with E-state index in [1.807, 2.05) is 42.5 Å². The predicted octanol–water partition coefficient (Wildman–Crippen LogP) is 4.97. The van der Waals surface area contributed by atoms with Crippen molar-refractivity contribution in [2.24, 2.45) is 0 Å². The molecule has 1 N–H and O–H groups in total. The van der Waals surface area contributed by atoms with E-state index < -0.39 is 9.84 Å². The highest BCUT2D eigenvalue weighted by molar-refractivity contribution is 7.91. The third-order valence-electron chi connectivity index (χ3n) is 4.92. The van der Waals surface area contributed by atoms with E-state index in [0.717, 1.165) is 16.8 Å². The van der Waals surface area contributed by atoms with Gasteiger partial charge in [-0.05, 0) is 47.5 Å². The monoisotopic (exact) mass is 426 g/mol. The zero-order valence-corrected chi connectivity index (χ0v) is 17.2. The highest BCUT2D eigenvalue weighted by atomic mass is 32.2. The van der Waals surface area contributed by atoms with Gasteiger partial charge in [0.05, 0.1) is 16.0 Å². The van der Waals surface area contributed by atoms with E-state index >= 15 is 0 Å². The van der Waals surface area contributed by atoms with Crippen molar-refractivity contribution in [3.05, 3.63) is 103 Å². The highest BCUT2D eigenvalue weighted by Gasteiger charge is 2.18. The van der Waals surface area contributed by atoms with Crippen molar-refractivity contribution in [1.29, 1.82) is 0 Å². The quantitative estimate of drug-likeness (QED) is 0.429. The number of aromatic nitrogens is 3. The van der Waals surface area contributed by atoms with Gasteiger partial charge in [0.2, 0.25) is 15.8 Å². The van der Waals surface area contributed by atoms with Gasteiger partial charge < -0.3 is 5.32 Å². The lowest BCUT2D eigenvalue weighted by molar-refractivity contribution is 0.595. The number of hydrogen-bond donors (Lipinski definition) is 1. The van der Waals surface area contributed by atoms with Gasteiger partial charge in [-0.25, -0.2) is 12.9 Å². The van der Waals surface area contributed by atoms with Gasteiger partial charge in [0.15, 0.2) is 5.65 Å². The number of nitrogens with zero attached hydrogens (tertiary/aromatic N) is 3. The lowest BCUT2D eigenvalue weighted by Gasteiger charge is -2.05. The molecule has 2 aromatic heterocycles. The molecule has 0 saturated carbocycles. The third-order valence-corrected chi connectivity index (χ3v) is 6.67. The molecule has 0 aliphatic heterocycles. The number of fused-ring (bicyclic) bond motifs is 1. The van der Waals surface area contributed by atoms with Crippen LogP contribution in [0.25, 0.3) is 16.8 Å². The van der Waals surface area contributed by atoms with E-state index in [1.165, 1.54) is 10.7 Å². The van der Waals surface area contributed by atoms with Crippen LogP contribution >= 0.6 is 0 Å². The number of anilines is 2. The van der Waals surface area contributed by atoms with Crippen LogP contribution < -0.4 is 5.32 Å². The molecule has 0 amide bonds. The number of rotatable bonds is 5. The summed E-state index contributed by atoms with van der Waals surface area (Å²) in [6.07, 6.45) is 1.48. The maximum atomic E-state index is 12.8. The minimum absolute atomic E-state index is 0.162. The summed E-state index contributed by atoms with van der Waals surface area (Å²) in [5, 5.41) is 7.56. The Bertz CT molecular complexity index is 1450. The summed E-state index contributed by atoms with van der Waals surface area (Å²) in [6.45, 7) is 0. The van der Waals surface area contributed by atoms with Crippen LogP contribution in [0.5, 0.6) is 0 Å². The predicted molar refractivity (Wildman–Crippen MR) is 120 cm³/mol. The Morgan fingerprint density at radius 3 is 2.03 bits per heavy atom. The molecular weight excluding hydrogens is 408 g/mol. The number of hydrogen-bond acceptors (Lipinski definition) is 5. The lowest BCUT2D eigenvalue weighted by atomic mass is 10.1. The zero-order chi connectivity index (χ0) is 21.3. The molecule has 5 aromatic rings. The number of benzene rings is 3. The molecule has 0 unspecified atom stereocenters. The van der Waals surface area contributed by atoms with Gasteiger partial charge in [-0.2, -0.15) is 4.98 Å². The van der Waals surface area contributed by atoms with Crippen LogP contribution in [-0.4, -0.2) is 23.0 Å². The van der Waals surface area contributed by atoms with Gasteiger partial charge in [-0.3, -0.25) is 0 Å². The van der Waals surface area contributed by atoms with Crippen LogP contribution in [0.4, 0.5) is 11.6 Å². The van der Waals surface area contributed by atoms with Crippen molar-refractivity contribution < 1.29 is 8.42 Å². The Labute approximate surface area is 179 Å². The minimum atomic E-state index is -3.62. The summed E-state index contributed by atoms with van der Waals surface area (Å²) in [5.41, 5.74) is 3.65. The second-order valence-electron chi connectivity index (χ2n) is 6.99. The zero-order valence-electron chi connectivity index (χ0n) is 16.4.